The van der Waals surface area contributed by atoms with Gasteiger partial charge in [-0.1, -0.05) is 36.4 Å². The average Bonchev–Trinajstić information content (AvgIpc) is 2.72. The van der Waals surface area contributed by atoms with Crippen LogP contribution in [-0.2, 0) is 19.5 Å². The number of rotatable bonds is 7. The van der Waals surface area contributed by atoms with Crippen molar-refractivity contribution in [3.8, 4) is 0 Å². The fourth-order valence-corrected chi connectivity index (χ4v) is 3.67. The second-order valence-electron chi connectivity index (χ2n) is 7.58. The van der Waals surface area contributed by atoms with Crippen LogP contribution in [0.1, 0.15) is 23.6 Å². The minimum absolute atomic E-state index is 0.236. The van der Waals surface area contributed by atoms with Crippen molar-refractivity contribution < 1.29 is 9.50 Å². The normalized spacial score (nSPS) is 15.7. The molecule has 156 valence electrons. The van der Waals surface area contributed by atoms with Gasteiger partial charge in [-0.3, -0.25) is 9.89 Å². The number of β-amino-alcohol motifs (C(OH)–C–C–N with tert-alkyl or cyclic N) is 1. The molecule has 1 unspecified atom stereocenters. The van der Waals surface area contributed by atoms with E-state index in [9.17, 15) is 9.50 Å². The molecule has 29 heavy (non-hydrogen) atoms. The Morgan fingerprint density at radius 2 is 1.93 bits per heavy atom. The molecule has 1 heterocycles. The van der Waals surface area contributed by atoms with E-state index in [1.807, 2.05) is 18.9 Å². The molecule has 0 aromatic heterocycles. The Morgan fingerprint density at radius 1 is 1.21 bits per heavy atom. The van der Waals surface area contributed by atoms with Crippen LogP contribution in [0.5, 0.6) is 0 Å². The standard InChI is InChI=1S/C23H31FN4O/c1-3-25-23(27(2)15-18-8-10-21(24)11-9-18)26-14-22(29)17-28-13-12-19-6-4-5-7-20(19)16-28/h4-11,22,29H,3,12-17H2,1-2H3,(H,25,26). The van der Waals surface area contributed by atoms with Crippen LogP contribution in [0.4, 0.5) is 4.39 Å². The summed E-state index contributed by atoms with van der Waals surface area (Å²) < 4.78 is 13.1. The molecule has 6 heteroatoms. The summed E-state index contributed by atoms with van der Waals surface area (Å²) in [6.45, 7) is 6.16. The van der Waals surface area contributed by atoms with Gasteiger partial charge in [-0.05, 0) is 42.2 Å². The van der Waals surface area contributed by atoms with Gasteiger partial charge in [0.05, 0.1) is 12.6 Å². The van der Waals surface area contributed by atoms with E-state index in [-0.39, 0.29) is 5.82 Å². The van der Waals surface area contributed by atoms with Crippen LogP contribution in [0.25, 0.3) is 0 Å². The molecule has 0 fully saturated rings. The third-order valence-corrected chi connectivity index (χ3v) is 5.16. The van der Waals surface area contributed by atoms with Gasteiger partial charge in [-0.2, -0.15) is 0 Å². The first kappa shape index (κ1) is 21.3. The highest BCUT2D eigenvalue weighted by Crippen LogP contribution is 2.18. The number of fused-ring (bicyclic) bond motifs is 1. The Balaban J connectivity index is 1.54. The van der Waals surface area contributed by atoms with E-state index in [1.54, 1.807) is 12.1 Å². The Bertz CT molecular complexity index is 809. The monoisotopic (exact) mass is 398 g/mol. The number of guanidine groups is 1. The van der Waals surface area contributed by atoms with E-state index < -0.39 is 6.10 Å². The summed E-state index contributed by atoms with van der Waals surface area (Å²) in [7, 11) is 1.94. The van der Waals surface area contributed by atoms with Crippen molar-refractivity contribution in [2.45, 2.75) is 32.5 Å². The van der Waals surface area contributed by atoms with Crippen LogP contribution < -0.4 is 5.32 Å². The number of aliphatic hydroxyl groups is 1. The maximum absolute atomic E-state index is 13.1. The van der Waals surface area contributed by atoms with Gasteiger partial charge in [0.1, 0.15) is 5.82 Å². The smallest absolute Gasteiger partial charge is 0.194 e. The molecule has 2 aromatic carbocycles. The lowest BCUT2D eigenvalue weighted by Gasteiger charge is -2.30. The van der Waals surface area contributed by atoms with Crippen molar-refractivity contribution in [1.82, 2.24) is 15.1 Å². The SMILES string of the molecule is CCNC(=NCC(O)CN1CCc2ccccc2C1)N(C)Cc1ccc(F)cc1. The minimum atomic E-state index is -0.520. The zero-order chi connectivity index (χ0) is 20.6. The molecule has 0 amide bonds. The van der Waals surface area contributed by atoms with E-state index in [0.717, 1.165) is 37.6 Å². The van der Waals surface area contributed by atoms with E-state index in [4.69, 9.17) is 0 Å². The third kappa shape index (κ3) is 6.27. The van der Waals surface area contributed by atoms with Crippen LogP contribution in [0.3, 0.4) is 0 Å². The van der Waals surface area contributed by atoms with Gasteiger partial charge in [0, 0.05) is 39.8 Å². The lowest BCUT2D eigenvalue weighted by Crippen LogP contribution is -2.40. The molecule has 1 aliphatic rings. The molecule has 2 N–H and O–H groups in total. The Hall–Kier alpha value is -2.44. The second kappa shape index (κ2) is 10.4. The van der Waals surface area contributed by atoms with Crippen molar-refractivity contribution in [2.24, 2.45) is 4.99 Å². The number of benzene rings is 2. The summed E-state index contributed by atoms with van der Waals surface area (Å²) in [4.78, 5) is 8.89. The van der Waals surface area contributed by atoms with Gasteiger partial charge in [0.2, 0.25) is 0 Å². The van der Waals surface area contributed by atoms with Crippen molar-refractivity contribution >= 4 is 5.96 Å². The maximum atomic E-state index is 13.1. The fraction of sp³-hybridized carbons (Fsp3) is 0.435. The van der Waals surface area contributed by atoms with Gasteiger partial charge in [-0.15, -0.1) is 0 Å². The molecule has 3 rings (SSSR count). The Kier molecular flexibility index (Phi) is 7.61. The highest BCUT2D eigenvalue weighted by Gasteiger charge is 2.18. The van der Waals surface area contributed by atoms with Crippen molar-refractivity contribution in [1.29, 1.82) is 0 Å². The molecule has 0 spiro atoms. The zero-order valence-electron chi connectivity index (χ0n) is 17.3. The number of hydrogen-bond acceptors (Lipinski definition) is 3. The molecule has 2 aromatic rings. The summed E-state index contributed by atoms with van der Waals surface area (Å²) in [5.41, 5.74) is 3.77. The number of aliphatic hydroxyl groups excluding tert-OH is 1. The van der Waals surface area contributed by atoms with Crippen LogP contribution in [0.15, 0.2) is 53.5 Å². The van der Waals surface area contributed by atoms with Gasteiger partial charge < -0.3 is 15.3 Å². The van der Waals surface area contributed by atoms with Gasteiger partial charge >= 0.3 is 0 Å². The molecular weight excluding hydrogens is 367 g/mol. The maximum Gasteiger partial charge on any atom is 0.194 e. The predicted molar refractivity (Wildman–Crippen MR) is 115 cm³/mol. The highest BCUT2D eigenvalue weighted by molar-refractivity contribution is 5.79. The summed E-state index contributed by atoms with van der Waals surface area (Å²) in [5.74, 6) is 0.500. The zero-order valence-corrected chi connectivity index (χ0v) is 17.3. The predicted octanol–water partition coefficient (Wildman–Crippen LogP) is 2.64. The largest absolute Gasteiger partial charge is 0.390 e. The first-order chi connectivity index (χ1) is 14.0. The van der Waals surface area contributed by atoms with Crippen LogP contribution in [0, 0.1) is 5.82 Å². The number of nitrogens with one attached hydrogen (secondary N) is 1. The van der Waals surface area contributed by atoms with Crippen LogP contribution >= 0.6 is 0 Å². The van der Waals surface area contributed by atoms with Gasteiger partial charge in [-0.25, -0.2) is 4.39 Å². The van der Waals surface area contributed by atoms with E-state index in [2.05, 4.69) is 39.5 Å². The summed E-state index contributed by atoms with van der Waals surface area (Å²) in [6, 6.07) is 15.0. The van der Waals surface area contributed by atoms with Crippen molar-refractivity contribution in [3.05, 3.63) is 71.0 Å². The highest BCUT2D eigenvalue weighted by atomic mass is 19.1. The first-order valence-corrected chi connectivity index (χ1v) is 10.3. The molecule has 1 aliphatic heterocycles. The molecule has 0 saturated heterocycles. The second-order valence-corrected chi connectivity index (χ2v) is 7.58. The van der Waals surface area contributed by atoms with Crippen molar-refractivity contribution in [2.75, 3.05) is 33.2 Å². The number of halogens is 1. The van der Waals surface area contributed by atoms with E-state index >= 15 is 0 Å². The molecule has 0 bridgehead atoms. The fourth-order valence-electron chi connectivity index (χ4n) is 3.67. The molecule has 0 aliphatic carbocycles. The molecule has 5 nitrogen and oxygen atoms in total. The average molecular weight is 399 g/mol. The summed E-state index contributed by atoms with van der Waals surface area (Å²) >= 11 is 0. The number of hydrogen-bond donors (Lipinski definition) is 2. The quantitative estimate of drug-likeness (QED) is 0.556. The number of aliphatic imine (C=N–C) groups is 1. The Morgan fingerprint density at radius 3 is 2.66 bits per heavy atom. The summed E-state index contributed by atoms with van der Waals surface area (Å²) in [6.07, 6.45) is 0.503. The Labute approximate surface area is 172 Å². The summed E-state index contributed by atoms with van der Waals surface area (Å²) in [5, 5.41) is 13.8. The first-order valence-electron chi connectivity index (χ1n) is 10.3. The van der Waals surface area contributed by atoms with E-state index in [0.29, 0.717) is 19.6 Å². The molecule has 0 radical (unpaired) electrons. The van der Waals surface area contributed by atoms with Crippen molar-refractivity contribution in [3.63, 3.8) is 0 Å². The lowest BCUT2D eigenvalue weighted by molar-refractivity contribution is 0.111. The van der Waals surface area contributed by atoms with E-state index in [1.165, 1.54) is 23.3 Å². The number of nitrogens with zero attached hydrogens (tertiary/aromatic N) is 3. The van der Waals surface area contributed by atoms with Crippen LogP contribution in [-0.4, -0.2) is 60.2 Å². The lowest BCUT2D eigenvalue weighted by atomic mass is 10.00. The molecular formula is C23H31FN4O. The molecule has 1 atom stereocenters. The molecule has 0 saturated carbocycles. The van der Waals surface area contributed by atoms with Gasteiger partial charge in [0.15, 0.2) is 5.96 Å². The van der Waals surface area contributed by atoms with Crippen LogP contribution in [0.2, 0.25) is 0 Å². The van der Waals surface area contributed by atoms with Gasteiger partial charge in [0.25, 0.3) is 0 Å². The topological polar surface area (TPSA) is 51.1 Å². The third-order valence-electron chi connectivity index (χ3n) is 5.16. The minimum Gasteiger partial charge on any atom is -0.390 e.